The highest BCUT2D eigenvalue weighted by Crippen LogP contribution is 2.41. The Morgan fingerprint density at radius 3 is 2.72 bits per heavy atom. The maximum Gasteiger partial charge on any atom is 0.409 e. The molecule has 3 aliphatic rings. The summed E-state index contributed by atoms with van der Waals surface area (Å²) in [7, 11) is 0. The molecule has 11 heteroatoms. The van der Waals surface area contributed by atoms with Gasteiger partial charge in [-0.25, -0.2) is 4.79 Å². The van der Waals surface area contributed by atoms with Gasteiger partial charge in [0.05, 0.1) is 6.61 Å². The van der Waals surface area contributed by atoms with Crippen LogP contribution < -0.4 is 10.9 Å². The Bertz CT molecular complexity index is 931. The van der Waals surface area contributed by atoms with Crippen LogP contribution in [0.15, 0.2) is 23.0 Å². The molecule has 1 aromatic heterocycles. The lowest BCUT2D eigenvalue weighted by molar-refractivity contribution is -0.135. The average Bonchev–Trinajstić information content (AvgIpc) is 2.76. The van der Waals surface area contributed by atoms with Crippen LogP contribution in [0.25, 0.3) is 0 Å². The van der Waals surface area contributed by atoms with E-state index in [-0.39, 0.29) is 48.3 Å². The van der Waals surface area contributed by atoms with E-state index in [0.29, 0.717) is 32.8 Å². The molecule has 174 valence electrons. The van der Waals surface area contributed by atoms with Gasteiger partial charge in [0.2, 0.25) is 11.8 Å². The molecule has 2 saturated heterocycles. The highest BCUT2D eigenvalue weighted by molar-refractivity contribution is 5.81. The van der Waals surface area contributed by atoms with E-state index in [2.05, 4.69) is 5.32 Å². The van der Waals surface area contributed by atoms with Crippen LogP contribution in [0.4, 0.5) is 4.79 Å². The molecule has 4 heterocycles. The highest BCUT2D eigenvalue weighted by Gasteiger charge is 2.44. The molecule has 2 N–H and O–H groups in total. The lowest BCUT2D eigenvalue weighted by atomic mass is 9.78. The first-order valence-corrected chi connectivity index (χ1v) is 10.6. The number of carboxylic acid groups (broad SMARTS) is 1. The van der Waals surface area contributed by atoms with Crippen molar-refractivity contribution in [1.82, 2.24) is 19.7 Å². The van der Waals surface area contributed by atoms with Crippen LogP contribution in [0.3, 0.4) is 0 Å². The number of hydrogen-bond donors (Lipinski definition) is 2. The number of aromatic nitrogens is 1. The predicted octanol–water partition coefficient (Wildman–Crippen LogP) is 0.0143. The molecule has 0 saturated carbocycles. The van der Waals surface area contributed by atoms with Crippen LogP contribution >= 0.6 is 0 Å². The number of piperidine rings is 1. The molecule has 0 spiro atoms. The minimum atomic E-state index is -0.662. The maximum atomic E-state index is 13.1. The fraction of sp³-hybridized carbons (Fsp3) is 0.571. The van der Waals surface area contributed by atoms with Gasteiger partial charge < -0.3 is 25.0 Å². The number of rotatable bonds is 4. The number of carbonyl (C=O) groups excluding carboxylic acids is 3. The standard InChI is InChI=1S/C20H26N4O5.CH2O2/c1-13(25)23-11-14-10-15(12-23)18(24-16(14)4-2-5-17(24)26)19(27)21-6-8-22-7-3-9-29-20(22)28;2-1-3/h2,4-5,14-15,18H,3,6-12H2,1H3,(H,21,27);1H,(H,2,3)/t14-,15+,18-;/m1./s1. The van der Waals surface area contributed by atoms with Gasteiger partial charge in [0.1, 0.15) is 6.04 Å². The molecule has 2 fully saturated rings. The van der Waals surface area contributed by atoms with Crippen molar-refractivity contribution >= 4 is 24.4 Å². The molecule has 1 aromatic rings. The zero-order chi connectivity index (χ0) is 23.3. The summed E-state index contributed by atoms with van der Waals surface area (Å²) in [5.74, 6) is -0.336. The summed E-state index contributed by atoms with van der Waals surface area (Å²) >= 11 is 0. The number of cyclic esters (lactones) is 1. The molecular weight excluding hydrogens is 420 g/mol. The summed E-state index contributed by atoms with van der Waals surface area (Å²) in [6, 6.07) is 4.39. The van der Waals surface area contributed by atoms with Crippen molar-refractivity contribution in [3.63, 3.8) is 0 Å². The van der Waals surface area contributed by atoms with Gasteiger partial charge in [0.25, 0.3) is 12.0 Å². The molecule has 11 nitrogen and oxygen atoms in total. The average molecular weight is 448 g/mol. The topological polar surface area (TPSA) is 138 Å². The molecule has 0 aromatic carbocycles. The first-order valence-electron chi connectivity index (χ1n) is 10.6. The number of ether oxygens (including phenoxy) is 1. The Morgan fingerprint density at radius 1 is 1.28 bits per heavy atom. The van der Waals surface area contributed by atoms with Crippen molar-refractivity contribution in [3.05, 3.63) is 34.2 Å². The third kappa shape index (κ3) is 4.92. The Morgan fingerprint density at radius 2 is 2.03 bits per heavy atom. The second-order valence-electron chi connectivity index (χ2n) is 8.07. The number of nitrogens with zero attached hydrogens (tertiary/aromatic N) is 3. The van der Waals surface area contributed by atoms with Gasteiger partial charge in [-0.2, -0.15) is 0 Å². The van der Waals surface area contributed by atoms with Gasteiger partial charge in [-0.05, 0) is 18.9 Å². The van der Waals surface area contributed by atoms with Crippen molar-refractivity contribution in [2.24, 2.45) is 5.92 Å². The van der Waals surface area contributed by atoms with Crippen molar-refractivity contribution < 1.29 is 29.0 Å². The molecule has 0 aliphatic carbocycles. The Hall–Kier alpha value is -3.37. The maximum absolute atomic E-state index is 13.1. The van der Waals surface area contributed by atoms with Crippen molar-refractivity contribution in [2.45, 2.75) is 31.7 Å². The van der Waals surface area contributed by atoms with E-state index >= 15 is 0 Å². The molecular formula is C21H28N4O7. The van der Waals surface area contributed by atoms with Crippen LogP contribution in [0.2, 0.25) is 0 Å². The number of nitrogens with one attached hydrogen (secondary N) is 1. The molecule has 32 heavy (non-hydrogen) atoms. The summed E-state index contributed by atoms with van der Waals surface area (Å²) < 4.78 is 6.60. The fourth-order valence-electron chi connectivity index (χ4n) is 4.75. The van der Waals surface area contributed by atoms with Crippen LogP contribution in [0.1, 0.15) is 37.4 Å². The van der Waals surface area contributed by atoms with Crippen molar-refractivity contribution in [3.8, 4) is 0 Å². The van der Waals surface area contributed by atoms with E-state index in [1.165, 1.54) is 13.0 Å². The summed E-state index contributed by atoms with van der Waals surface area (Å²) in [5, 5.41) is 9.77. The monoisotopic (exact) mass is 448 g/mol. The van der Waals surface area contributed by atoms with Gasteiger partial charge in [-0.15, -0.1) is 0 Å². The van der Waals surface area contributed by atoms with Crippen LogP contribution in [0.5, 0.6) is 0 Å². The lowest BCUT2D eigenvalue weighted by Gasteiger charge is -2.46. The zero-order valence-corrected chi connectivity index (χ0v) is 17.9. The molecule has 3 atom stereocenters. The number of likely N-dealkylation sites (tertiary alicyclic amines) is 1. The zero-order valence-electron chi connectivity index (χ0n) is 17.9. The van der Waals surface area contributed by atoms with Gasteiger partial charge >= 0.3 is 6.09 Å². The molecule has 3 amide bonds. The number of fused-ring (bicyclic) bond motifs is 4. The van der Waals surface area contributed by atoms with Crippen LogP contribution in [-0.2, 0) is 19.1 Å². The smallest absolute Gasteiger partial charge is 0.409 e. The van der Waals surface area contributed by atoms with E-state index in [9.17, 15) is 19.2 Å². The van der Waals surface area contributed by atoms with Gasteiger partial charge in [-0.3, -0.25) is 23.7 Å². The molecule has 0 unspecified atom stereocenters. The Kier molecular flexibility index (Phi) is 7.49. The lowest BCUT2D eigenvalue weighted by Crippen LogP contribution is -2.54. The third-order valence-electron chi connectivity index (χ3n) is 6.10. The SMILES string of the molecule is CC(=O)N1C[C@H]2C[C@@H](C1)[C@H](C(=O)NCCN1CCCOC1=O)n1c2cccc1=O.O=CO. The van der Waals surface area contributed by atoms with Gasteiger partial charge in [-0.1, -0.05) is 6.07 Å². The summed E-state index contributed by atoms with van der Waals surface area (Å²) in [4.78, 5) is 61.1. The number of amides is 3. The third-order valence-corrected chi connectivity index (χ3v) is 6.10. The first-order chi connectivity index (χ1) is 15.4. The second kappa shape index (κ2) is 10.3. The number of hydrogen-bond acceptors (Lipinski definition) is 6. The summed E-state index contributed by atoms with van der Waals surface area (Å²) in [6.07, 6.45) is 1.18. The van der Waals surface area contributed by atoms with Crippen LogP contribution in [-0.4, -0.2) is 83.2 Å². The molecule has 0 radical (unpaired) electrons. The minimum absolute atomic E-state index is 0.0193. The first kappa shape index (κ1) is 23.3. The molecule has 4 rings (SSSR count). The molecule has 3 aliphatic heterocycles. The predicted molar refractivity (Wildman–Crippen MR) is 112 cm³/mol. The quantitative estimate of drug-likeness (QED) is 0.619. The second-order valence-corrected chi connectivity index (χ2v) is 8.07. The highest BCUT2D eigenvalue weighted by atomic mass is 16.6. The summed E-state index contributed by atoms with van der Waals surface area (Å²) in [6.45, 7) is 4.00. The largest absolute Gasteiger partial charge is 0.483 e. The summed E-state index contributed by atoms with van der Waals surface area (Å²) in [5.41, 5.74) is 0.604. The van der Waals surface area contributed by atoms with Gasteiger partial charge in [0, 0.05) is 63.2 Å². The van der Waals surface area contributed by atoms with E-state index < -0.39 is 6.04 Å². The number of carbonyl (C=O) groups is 4. The Balaban J connectivity index is 0.000000913. The van der Waals surface area contributed by atoms with Crippen molar-refractivity contribution in [2.75, 3.05) is 39.3 Å². The number of pyridine rings is 1. The Labute approximate surface area is 184 Å². The minimum Gasteiger partial charge on any atom is -0.483 e. The van der Waals surface area contributed by atoms with E-state index in [4.69, 9.17) is 14.6 Å². The fourth-order valence-corrected chi connectivity index (χ4v) is 4.75. The van der Waals surface area contributed by atoms with Crippen LogP contribution in [0, 0.1) is 5.92 Å². The van der Waals surface area contributed by atoms with E-state index in [1.807, 2.05) is 6.07 Å². The van der Waals surface area contributed by atoms with Crippen molar-refractivity contribution in [1.29, 1.82) is 0 Å². The normalized spacial score (nSPS) is 23.8. The van der Waals surface area contributed by atoms with E-state index in [1.54, 1.807) is 20.4 Å². The van der Waals surface area contributed by atoms with E-state index in [0.717, 1.165) is 18.5 Å². The molecule has 2 bridgehead atoms. The van der Waals surface area contributed by atoms with Gasteiger partial charge in [0.15, 0.2) is 0 Å².